The molecule has 0 atom stereocenters. The first kappa shape index (κ1) is 18.0. The van der Waals surface area contributed by atoms with Crippen LogP contribution in [0.2, 0.25) is 5.02 Å². The Morgan fingerprint density at radius 3 is 1.83 bits per heavy atom. The van der Waals surface area contributed by atoms with Crippen LogP contribution in [0.15, 0.2) is 97.1 Å². The molecule has 1 aliphatic rings. The van der Waals surface area contributed by atoms with Gasteiger partial charge in [-0.15, -0.1) is 0 Å². The van der Waals surface area contributed by atoms with E-state index in [1.807, 2.05) is 0 Å². The van der Waals surface area contributed by atoms with Crippen LogP contribution in [0.3, 0.4) is 0 Å². The number of nitrogens with zero attached hydrogens (tertiary/aromatic N) is 1. The Hall–Kier alpha value is -3.03. The van der Waals surface area contributed by atoms with Gasteiger partial charge < -0.3 is 4.90 Å². The highest BCUT2D eigenvalue weighted by Gasteiger charge is 2.39. The Bertz CT molecular complexity index is 1140. The van der Waals surface area contributed by atoms with Gasteiger partial charge in [0.2, 0.25) is 0 Å². The Labute approximate surface area is 177 Å². The van der Waals surface area contributed by atoms with Crippen molar-refractivity contribution in [2.75, 3.05) is 4.90 Å². The second kappa shape index (κ2) is 6.79. The van der Waals surface area contributed by atoms with E-state index in [2.05, 4.69) is 116 Å². The Balaban J connectivity index is 1.84. The molecule has 1 nitrogen and oxygen atoms in total. The van der Waals surface area contributed by atoms with Gasteiger partial charge in [-0.25, -0.2) is 0 Å². The van der Waals surface area contributed by atoms with Gasteiger partial charge in [0.25, 0.3) is 0 Å². The molecule has 5 rings (SSSR count). The van der Waals surface area contributed by atoms with Crippen LogP contribution in [0.25, 0.3) is 11.1 Å². The van der Waals surface area contributed by atoms with Crippen LogP contribution in [-0.4, -0.2) is 0 Å². The van der Waals surface area contributed by atoms with Gasteiger partial charge in [-0.2, -0.15) is 0 Å². The largest absolute Gasteiger partial charge is 0.310 e. The standard InChI is InChI=1S/C27H22ClN/c1-27(2)24-16-10-9-15-22(24)23-17-19(28)18-25(26(23)27)29(20-11-5-3-6-12-20)21-13-7-4-8-14-21/h3-18H,1-2H3. The van der Waals surface area contributed by atoms with Gasteiger partial charge in [0.05, 0.1) is 5.69 Å². The third kappa shape index (κ3) is 2.85. The molecule has 2 heteroatoms. The smallest absolute Gasteiger partial charge is 0.0523 e. The number of halogens is 1. The van der Waals surface area contributed by atoms with Crippen molar-refractivity contribution in [1.82, 2.24) is 0 Å². The lowest BCUT2D eigenvalue weighted by Gasteiger charge is -2.32. The maximum absolute atomic E-state index is 6.68. The monoisotopic (exact) mass is 395 g/mol. The first-order valence-electron chi connectivity index (χ1n) is 9.91. The van der Waals surface area contributed by atoms with Crippen molar-refractivity contribution in [2.24, 2.45) is 0 Å². The van der Waals surface area contributed by atoms with E-state index in [0.29, 0.717) is 0 Å². The maximum atomic E-state index is 6.68. The molecule has 0 unspecified atom stereocenters. The predicted octanol–water partition coefficient (Wildman–Crippen LogP) is 8.12. The minimum atomic E-state index is -0.117. The molecular formula is C27H22ClN. The molecule has 4 aromatic rings. The summed E-state index contributed by atoms with van der Waals surface area (Å²) >= 11 is 6.68. The molecule has 0 heterocycles. The zero-order chi connectivity index (χ0) is 20.0. The summed E-state index contributed by atoms with van der Waals surface area (Å²) in [7, 11) is 0. The maximum Gasteiger partial charge on any atom is 0.0523 e. The Kier molecular flexibility index (Phi) is 4.22. The van der Waals surface area contributed by atoms with Crippen LogP contribution in [0.4, 0.5) is 17.1 Å². The molecule has 0 spiro atoms. The summed E-state index contributed by atoms with van der Waals surface area (Å²) in [5, 5.41) is 0.753. The van der Waals surface area contributed by atoms with Crippen molar-refractivity contribution in [3.63, 3.8) is 0 Å². The van der Waals surface area contributed by atoms with Crippen LogP contribution >= 0.6 is 11.6 Å². The quantitative estimate of drug-likeness (QED) is 0.338. The molecule has 1 aliphatic carbocycles. The summed E-state index contributed by atoms with van der Waals surface area (Å²) in [6.45, 7) is 4.62. The molecule has 0 N–H and O–H groups in total. The number of hydrogen-bond acceptors (Lipinski definition) is 1. The van der Waals surface area contributed by atoms with Gasteiger partial charge in [0.1, 0.15) is 0 Å². The first-order valence-corrected chi connectivity index (χ1v) is 10.3. The number of benzene rings is 4. The topological polar surface area (TPSA) is 3.24 Å². The highest BCUT2D eigenvalue weighted by atomic mass is 35.5. The summed E-state index contributed by atoms with van der Waals surface area (Å²) in [5.74, 6) is 0. The summed E-state index contributed by atoms with van der Waals surface area (Å²) in [6, 6.07) is 33.9. The third-order valence-corrected chi connectivity index (χ3v) is 6.09. The van der Waals surface area contributed by atoms with Crippen molar-refractivity contribution in [3.8, 4) is 11.1 Å². The number of hydrogen-bond donors (Lipinski definition) is 0. The zero-order valence-corrected chi connectivity index (χ0v) is 17.3. The van der Waals surface area contributed by atoms with E-state index in [1.54, 1.807) is 0 Å². The summed E-state index contributed by atoms with van der Waals surface area (Å²) in [4.78, 5) is 2.32. The summed E-state index contributed by atoms with van der Waals surface area (Å²) in [5.41, 5.74) is 8.42. The predicted molar refractivity (Wildman–Crippen MR) is 124 cm³/mol. The molecule has 0 fully saturated rings. The van der Waals surface area contributed by atoms with Crippen molar-refractivity contribution in [1.29, 1.82) is 0 Å². The first-order chi connectivity index (χ1) is 14.1. The van der Waals surface area contributed by atoms with E-state index in [4.69, 9.17) is 11.6 Å². The van der Waals surface area contributed by atoms with Crippen molar-refractivity contribution in [2.45, 2.75) is 19.3 Å². The minimum absolute atomic E-state index is 0.117. The Morgan fingerprint density at radius 2 is 1.21 bits per heavy atom. The second-order valence-corrected chi connectivity index (χ2v) is 8.46. The molecule has 0 saturated heterocycles. The molecule has 0 saturated carbocycles. The average Bonchev–Trinajstić information content (AvgIpc) is 2.97. The number of fused-ring (bicyclic) bond motifs is 3. The average molecular weight is 396 g/mol. The van der Waals surface area contributed by atoms with E-state index in [9.17, 15) is 0 Å². The van der Waals surface area contributed by atoms with Crippen LogP contribution in [0.1, 0.15) is 25.0 Å². The molecule has 29 heavy (non-hydrogen) atoms. The SMILES string of the molecule is CC1(C)c2ccccc2-c2cc(Cl)cc(N(c3ccccc3)c3ccccc3)c21. The fourth-order valence-corrected chi connectivity index (χ4v) is 4.83. The summed E-state index contributed by atoms with van der Waals surface area (Å²) < 4.78 is 0. The molecule has 0 radical (unpaired) electrons. The second-order valence-electron chi connectivity index (χ2n) is 8.02. The number of anilines is 3. The molecule has 4 aromatic carbocycles. The Morgan fingerprint density at radius 1 is 0.655 bits per heavy atom. The normalized spacial score (nSPS) is 13.6. The highest BCUT2D eigenvalue weighted by Crippen LogP contribution is 2.55. The van der Waals surface area contributed by atoms with Crippen molar-refractivity contribution in [3.05, 3.63) is 113 Å². The van der Waals surface area contributed by atoms with Gasteiger partial charge in [-0.1, -0.05) is 86.1 Å². The van der Waals surface area contributed by atoms with Gasteiger partial charge in [0.15, 0.2) is 0 Å². The third-order valence-electron chi connectivity index (χ3n) is 5.87. The lowest BCUT2D eigenvalue weighted by atomic mass is 9.81. The molecular weight excluding hydrogens is 374 g/mol. The van der Waals surface area contributed by atoms with Gasteiger partial charge in [-0.05, 0) is 58.7 Å². The lowest BCUT2D eigenvalue weighted by Crippen LogP contribution is -2.20. The van der Waals surface area contributed by atoms with Gasteiger partial charge in [0, 0.05) is 21.8 Å². The molecule has 0 amide bonds. The van der Waals surface area contributed by atoms with E-state index in [1.165, 1.54) is 22.3 Å². The fraction of sp³-hybridized carbons (Fsp3) is 0.111. The van der Waals surface area contributed by atoms with Crippen molar-refractivity contribution >= 4 is 28.7 Å². The molecule has 0 aromatic heterocycles. The minimum Gasteiger partial charge on any atom is -0.310 e. The van der Waals surface area contributed by atoms with Crippen LogP contribution < -0.4 is 4.90 Å². The highest BCUT2D eigenvalue weighted by molar-refractivity contribution is 6.31. The van der Waals surface area contributed by atoms with E-state index in [-0.39, 0.29) is 5.41 Å². The zero-order valence-electron chi connectivity index (χ0n) is 16.6. The molecule has 142 valence electrons. The number of rotatable bonds is 3. The molecule has 0 bridgehead atoms. The van der Waals surface area contributed by atoms with Crippen molar-refractivity contribution < 1.29 is 0 Å². The van der Waals surface area contributed by atoms with Crippen LogP contribution in [0, 0.1) is 0 Å². The van der Waals surface area contributed by atoms with E-state index >= 15 is 0 Å². The lowest BCUT2D eigenvalue weighted by molar-refractivity contribution is 0.661. The van der Waals surface area contributed by atoms with E-state index < -0.39 is 0 Å². The summed E-state index contributed by atoms with van der Waals surface area (Å²) in [6.07, 6.45) is 0. The molecule has 0 aliphatic heterocycles. The van der Waals surface area contributed by atoms with Gasteiger partial charge >= 0.3 is 0 Å². The van der Waals surface area contributed by atoms with E-state index in [0.717, 1.165) is 22.1 Å². The van der Waals surface area contributed by atoms with Crippen LogP contribution in [-0.2, 0) is 5.41 Å². The number of para-hydroxylation sites is 2. The van der Waals surface area contributed by atoms with Crippen LogP contribution in [0.5, 0.6) is 0 Å². The van der Waals surface area contributed by atoms with Gasteiger partial charge in [-0.3, -0.25) is 0 Å². The fourth-order valence-electron chi connectivity index (χ4n) is 4.62.